The summed E-state index contributed by atoms with van der Waals surface area (Å²) in [5.41, 5.74) is -0.617. The highest BCUT2D eigenvalue weighted by Crippen LogP contribution is 2.33. The van der Waals surface area contributed by atoms with Crippen molar-refractivity contribution in [1.82, 2.24) is 0 Å². The van der Waals surface area contributed by atoms with Gasteiger partial charge in [0.05, 0.1) is 31.8 Å². The van der Waals surface area contributed by atoms with E-state index >= 15 is 0 Å². The second kappa shape index (κ2) is 4.57. The number of aliphatic hydroxyl groups is 2. The molecule has 0 aromatic heterocycles. The predicted molar refractivity (Wildman–Crippen MR) is 51.8 cm³/mol. The minimum Gasteiger partial charge on any atom is -0.396 e. The quantitative estimate of drug-likeness (QED) is 0.701. The first-order chi connectivity index (χ1) is 6.66. The summed E-state index contributed by atoms with van der Waals surface area (Å²) in [4.78, 5) is 0. The summed E-state index contributed by atoms with van der Waals surface area (Å²) in [6, 6.07) is 0. The van der Waals surface area contributed by atoms with Crippen LogP contribution in [0.3, 0.4) is 0 Å². The van der Waals surface area contributed by atoms with Crippen molar-refractivity contribution in [3.05, 3.63) is 0 Å². The molecule has 0 amide bonds. The number of aliphatic hydroxyl groups excluding tert-OH is 2. The van der Waals surface area contributed by atoms with Crippen molar-refractivity contribution in [3.63, 3.8) is 0 Å². The van der Waals surface area contributed by atoms with Crippen LogP contribution < -0.4 is 0 Å². The molecule has 0 unspecified atom stereocenters. The third kappa shape index (κ3) is 2.08. The largest absolute Gasteiger partial charge is 0.396 e. The summed E-state index contributed by atoms with van der Waals surface area (Å²) < 4.78 is 11.2. The van der Waals surface area contributed by atoms with Crippen molar-refractivity contribution in [2.75, 3.05) is 26.4 Å². The van der Waals surface area contributed by atoms with E-state index in [1.807, 2.05) is 13.8 Å². The Morgan fingerprint density at radius 2 is 1.43 bits per heavy atom. The zero-order chi connectivity index (χ0) is 10.7. The fourth-order valence-corrected chi connectivity index (χ4v) is 1.54. The molecule has 1 aliphatic heterocycles. The Hall–Kier alpha value is -0.160. The molecule has 4 heteroatoms. The molecule has 4 nitrogen and oxygen atoms in total. The molecule has 0 aromatic carbocycles. The lowest BCUT2D eigenvalue weighted by atomic mass is 9.90. The molecule has 2 N–H and O–H groups in total. The Balaban J connectivity index is 2.59. The molecule has 1 heterocycles. The summed E-state index contributed by atoms with van der Waals surface area (Å²) in [7, 11) is 0. The van der Waals surface area contributed by atoms with Crippen LogP contribution in [0.5, 0.6) is 0 Å². The Kier molecular flexibility index (Phi) is 3.89. The molecule has 1 aliphatic rings. The molecule has 0 bridgehead atoms. The zero-order valence-electron chi connectivity index (χ0n) is 8.95. The molecule has 14 heavy (non-hydrogen) atoms. The van der Waals surface area contributed by atoms with Crippen molar-refractivity contribution in [3.8, 4) is 0 Å². The fraction of sp³-hybridized carbons (Fsp3) is 1.00. The SMILES string of the molecule is CCC1(CC)OCC(CO)(CO)CO1. The molecular formula is C10H20O4. The molecule has 0 radical (unpaired) electrons. The van der Waals surface area contributed by atoms with E-state index < -0.39 is 11.2 Å². The highest BCUT2D eigenvalue weighted by molar-refractivity contribution is 4.84. The molecular weight excluding hydrogens is 184 g/mol. The van der Waals surface area contributed by atoms with Gasteiger partial charge in [0, 0.05) is 0 Å². The van der Waals surface area contributed by atoms with E-state index in [0.717, 1.165) is 12.8 Å². The number of ether oxygens (including phenoxy) is 2. The van der Waals surface area contributed by atoms with Gasteiger partial charge in [-0.05, 0) is 12.8 Å². The molecule has 1 saturated heterocycles. The van der Waals surface area contributed by atoms with Crippen LogP contribution in [0.15, 0.2) is 0 Å². The maximum Gasteiger partial charge on any atom is 0.167 e. The van der Waals surface area contributed by atoms with Crippen molar-refractivity contribution in [2.24, 2.45) is 5.41 Å². The summed E-state index contributed by atoms with van der Waals surface area (Å²) in [5.74, 6) is -0.506. The number of hydrogen-bond donors (Lipinski definition) is 2. The smallest absolute Gasteiger partial charge is 0.167 e. The predicted octanol–water partition coefficient (Wildman–Crippen LogP) is 0.520. The first kappa shape index (κ1) is 11.9. The van der Waals surface area contributed by atoms with Crippen molar-refractivity contribution < 1.29 is 19.7 Å². The van der Waals surface area contributed by atoms with Crippen LogP contribution in [0.25, 0.3) is 0 Å². The van der Waals surface area contributed by atoms with Crippen LogP contribution in [0.4, 0.5) is 0 Å². The molecule has 0 aromatic rings. The van der Waals surface area contributed by atoms with E-state index in [-0.39, 0.29) is 13.2 Å². The maximum atomic E-state index is 9.14. The molecule has 0 spiro atoms. The molecule has 0 aliphatic carbocycles. The Labute approximate surface area is 84.8 Å². The van der Waals surface area contributed by atoms with Gasteiger partial charge in [-0.2, -0.15) is 0 Å². The van der Waals surface area contributed by atoms with Crippen LogP contribution in [0.1, 0.15) is 26.7 Å². The van der Waals surface area contributed by atoms with Gasteiger partial charge < -0.3 is 19.7 Å². The molecule has 0 saturated carbocycles. The van der Waals surface area contributed by atoms with E-state index in [2.05, 4.69) is 0 Å². The topological polar surface area (TPSA) is 58.9 Å². The Bertz CT molecular complexity index is 141. The van der Waals surface area contributed by atoms with Gasteiger partial charge in [-0.25, -0.2) is 0 Å². The summed E-state index contributed by atoms with van der Waals surface area (Å²) >= 11 is 0. The van der Waals surface area contributed by atoms with Gasteiger partial charge in [-0.1, -0.05) is 13.8 Å². The monoisotopic (exact) mass is 204 g/mol. The van der Waals surface area contributed by atoms with E-state index in [9.17, 15) is 0 Å². The molecule has 1 fully saturated rings. The number of rotatable bonds is 4. The average Bonchev–Trinajstić information content (AvgIpc) is 2.29. The van der Waals surface area contributed by atoms with E-state index in [1.54, 1.807) is 0 Å². The first-order valence-corrected chi connectivity index (χ1v) is 5.15. The van der Waals surface area contributed by atoms with Gasteiger partial charge >= 0.3 is 0 Å². The normalized spacial score (nSPS) is 24.9. The number of hydrogen-bond acceptors (Lipinski definition) is 4. The molecule has 0 atom stereocenters. The third-order valence-corrected chi connectivity index (χ3v) is 3.03. The van der Waals surface area contributed by atoms with Crippen LogP contribution in [-0.4, -0.2) is 42.4 Å². The summed E-state index contributed by atoms with van der Waals surface area (Å²) in [6.07, 6.45) is 1.58. The maximum absolute atomic E-state index is 9.14. The first-order valence-electron chi connectivity index (χ1n) is 5.15. The second-order valence-electron chi connectivity index (χ2n) is 4.01. The highest BCUT2D eigenvalue weighted by atomic mass is 16.7. The van der Waals surface area contributed by atoms with Crippen molar-refractivity contribution >= 4 is 0 Å². The lowest BCUT2D eigenvalue weighted by Gasteiger charge is -2.44. The lowest BCUT2D eigenvalue weighted by molar-refractivity contribution is -0.314. The summed E-state index contributed by atoms with van der Waals surface area (Å²) in [5, 5.41) is 18.3. The third-order valence-electron chi connectivity index (χ3n) is 3.03. The van der Waals surface area contributed by atoms with Crippen molar-refractivity contribution in [2.45, 2.75) is 32.5 Å². The fourth-order valence-electron chi connectivity index (χ4n) is 1.54. The van der Waals surface area contributed by atoms with Crippen LogP contribution in [0.2, 0.25) is 0 Å². The van der Waals surface area contributed by atoms with Gasteiger partial charge in [0.25, 0.3) is 0 Å². The zero-order valence-corrected chi connectivity index (χ0v) is 8.95. The average molecular weight is 204 g/mol. The van der Waals surface area contributed by atoms with Gasteiger partial charge in [0.2, 0.25) is 0 Å². The lowest BCUT2D eigenvalue weighted by Crippen LogP contribution is -2.52. The molecule has 84 valence electrons. The van der Waals surface area contributed by atoms with Crippen LogP contribution in [-0.2, 0) is 9.47 Å². The summed E-state index contributed by atoms with van der Waals surface area (Å²) in [6.45, 7) is 4.53. The van der Waals surface area contributed by atoms with Gasteiger partial charge in [-0.3, -0.25) is 0 Å². The van der Waals surface area contributed by atoms with Crippen LogP contribution in [0, 0.1) is 5.41 Å². The van der Waals surface area contributed by atoms with Gasteiger partial charge in [-0.15, -0.1) is 0 Å². The van der Waals surface area contributed by atoms with E-state index in [1.165, 1.54) is 0 Å². The van der Waals surface area contributed by atoms with E-state index in [0.29, 0.717) is 13.2 Å². The van der Waals surface area contributed by atoms with Crippen LogP contribution >= 0.6 is 0 Å². The Morgan fingerprint density at radius 1 is 1.00 bits per heavy atom. The minimum absolute atomic E-state index is 0.104. The second-order valence-corrected chi connectivity index (χ2v) is 4.01. The van der Waals surface area contributed by atoms with Gasteiger partial charge in [0.1, 0.15) is 0 Å². The van der Waals surface area contributed by atoms with E-state index in [4.69, 9.17) is 19.7 Å². The standard InChI is InChI=1S/C10H20O4/c1-3-10(4-2)13-7-9(5-11,6-12)8-14-10/h11-12H,3-8H2,1-2H3. The Morgan fingerprint density at radius 3 is 1.71 bits per heavy atom. The minimum atomic E-state index is -0.617. The van der Waals surface area contributed by atoms with Gasteiger partial charge in [0.15, 0.2) is 5.79 Å². The molecule has 1 rings (SSSR count). The van der Waals surface area contributed by atoms with Crippen molar-refractivity contribution in [1.29, 1.82) is 0 Å². The highest BCUT2D eigenvalue weighted by Gasteiger charge is 2.42.